The molecule has 0 aliphatic heterocycles. The molecule has 0 saturated heterocycles. The summed E-state index contributed by atoms with van der Waals surface area (Å²) < 4.78 is 52.3. The number of alkyl halides is 3. The van der Waals surface area contributed by atoms with E-state index >= 15 is 0 Å². The van der Waals surface area contributed by atoms with Gasteiger partial charge in [-0.2, -0.15) is 18.3 Å². The first kappa shape index (κ1) is 25.3. The summed E-state index contributed by atoms with van der Waals surface area (Å²) in [5, 5.41) is 15.3. The summed E-state index contributed by atoms with van der Waals surface area (Å²) in [7, 11) is -1.37. The summed E-state index contributed by atoms with van der Waals surface area (Å²) in [5.41, 5.74) is -3.04. The third kappa shape index (κ3) is 7.61. The lowest BCUT2D eigenvalue weighted by Gasteiger charge is -2.33. The van der Waals surface area contributed by atoms with Crippen LogP contribution in [0.1, 0.15) is 25.3 Å². The quantitative estimate of drug-likeness (QED) is 0.382. The lowest BCUT2D eigenvalue weighted by atomic mass is 9.82. The predicted molar refractivity (Wildman–Crippen MR) is 111 cm³/mol. The van der Waals surface area contributed by atoms with Crippen LogP contribution in [0.5, 0.6) is 0 Å². The van der Waals surface area contributed by atoms with Crippen LogP contribution in [0.15, 0.2) is 11.0 Å². The van der Waals surface area contributed by atoms with Crippen molar-refractivity contribution in [2.45, 2.75) is 70.5 Å². The number of carboxylic acid groups (broad SMARTS) is 1. The van der Waals surface area contributed by atoms with Crippen LogP contribution < -0.4 is 10.9 Å². The average Bonchev–Trinajstić information content (AvgIpc) is 2.56. The molecule has 1 aromatic rings. The van der Waals surface area contributed by atoms with E-state index in [0.717, 1.165) is 12.2 Å². The number of carbonyl (C=O) groups is 1. The maximum Gasteiger partial charge on any atom is 0.423 e. The number of nitrogens with zero attached hydrogens (tertiary/aromatic N) is 2. The zero-order valence-electron chi connectivity index (χ0n) is 18.2. The normalized spacial score (nSPS) is 20.2. The van der Waals surface area contributed by atoms with Crippen molar-refractivity contribution >= 4 is 19.7 Å². The molecule has 0 amide bonds. The third-order valence-electron chi connectivity index (χ3n) is 4.97. The lowest BCUT2D eigenvalue weighted by molar-refractivity contribution is -0.151. The number of carboxylic acids is 1. The third-order valence-corrected chi connectivity index (χ3v) is 6.67. The predicted octanol–water partition coefficient (Wildman–Crippen LogP) is 3.25. The molecular weight excluding hydrogens is 435 g/mol. The van der Waals surface area contributed by atoms with Gasteiger partial charge >= 0.3 is 12.1 Å². The van der Waals surface area contributed by atoms with E-state index in [1.165, 1.54) is 0 Å². The highest BCUT2D eigenvalue weighted by Gasteiger charge is 2.39. The van der Waals surface area contributed by atoms with Gasteiger partial charge < -0.3 is 19.9 Å². The van der Waals surface area contributed by atoms with Gasteiger partial charge in [-0.15, -0.1) is 0 Å². The maximum absolute atomic E-state index is 13.6. The summed E-state index contributed by atoms with van der Waals surface area (Å²) in [5.74, 6) is -1.31. The molecule has 1 aromatic heterocycles. The van der Waals surface area contributed by atoms with Gasteiger partial charge in [-0.3, -0.25) is 9.59 Å². The summed E-state index contributed by atoms with van der Waals surface area (Å²) in [6, 6.07) is 0.272. The molecule has 0 unspecified atom stereocenters. The molecule has 0 bridgehead atoms. The zero-order chi connectivity index (χ0) is 23.4. The first-order valence-corrected chi connectivity index (χ1v) is 13.8. The summed E-state index contributed by atoms with van der Waals surface area (Å²) in [4.78, 5) is 23.2. The van der Waals surface area contributed by atoms with Crippen LogP contribution in [0.25, 0.3) is 0 Å². The Balaban J connectivity index is 2.00. The van der Waals surface area contributed by atoms with Crippen molar-refractivity contribution in [2.75, 3.05) is 18.5 Å². The highest BCUT2D eigenvalue weighted by Crippen LogP contribution is 2.33. The molecule has 1 saturated carbocycles. The molecule has 0 spiro atoms. The highest BCUT2D eigenvalue weighted by molar-refractivity contribution is 6.76. The first-order valence-electron chi connectivity index (χ1n) is 10.1. The number of nitrogens with one attached hydrogen (secondary N) is 1. The average molecular weight is 466 g/mol. The molecule has 0 radical (unpaired) electrons. The number of aromatic nitrogens is 2. The second-order valence-electron chi connectivity index (χ2n) is 9.09. The fourth-order valence-corrected chi connectivity index (χ4v) is 3.74. The second kappa shape index (κ2) is 10.1. The Morgan fingerprint density at radius 1 is 1.39 bits per heavy atom. The summed E-state index contributed by atoms with van der Waals surface area (Å²) in [6.07, 6.45) is -3.37. The summed E-state index contributed by atoms with van der Waals surface area (Å²) in [6.45, 7) is 8.10. The molecule has 0 aromatic carbocycles. The minimum absolute atomic E-state index is 0.0667. The van der Waals surface area contributed by atoms with Crippen LogP contribution in [-0.2, 0) is 27.2 Å². The van der Waals surface area contributed by atoms with E-state index in [1.54, 1.807) is 6.92 Å². The molecule has 176 valence electrons. The smallest absolute Gasteiger partial charge is 0.423 e. The largest absolute Gasteiger partial charge is 0.481 e. The fourth-order valence-electron chi connectivity index (χ4n) is 2.98. The molecule has 31 heavy (non-hydrogen) atoms. The highest BCUT2D eigenvalue weighted by atomic mass is 28.3. The van der Waals surface area contributed by atoms with E-state index < -0.39 is 49.0 Å². The Bertz CT molecular complexity index is 819. The van der Waals surface area contributed by atoms with Crippen LogP contribution in [0.2, 0.25) is 25.7 Å². The number of hydrogen-bond donors (Lipinski definition) is 2. The molecule has 1 aliphatic carbocycles. The van der Waals surface area contributed by atoms with E-state index in [9.17, 15) is 22.8 Å². The molecule has 2 rings (SSSR count). The van der Waals surface area contributed by atoms with Crippen LogP contribution in [0.4, 0.5) is 18.9 Å². The number of hydrogen-bond acceptors (Lipinski definition) is 6. The minimum atomic E-state index is -4.87. The standard InChI is InChI=1S/C19H30F3N3O5Si/c1-12(10-30-14-7-13(8-14)18(27)28)24-15-9-23-25(11-29-5-6-31(2,3)4)17(26)16(15)19(20,21)22/h9,12-14,24H,5-8,10-11H2,1-4H3,(H,27,28)/t12-,13-,14+/m0/s1. The Morgan fingerprint density at radius 2 is 2.03 bits per heavy atom. The van der Waals surface area contributed by atoms with Crippen molar-refractivity contribution in [3.63, 3.8) is 0 Å². The molecule has 1 heterocycles. The van der Waals surface area contributed by atoms with Crippen LogP contribution in [-0.4, -0.2) is 54.3 Å². The Kier molecular flexibility index (Phi) is 8.28. The van der Waals surface area contributed by atoms with Crippen molar-refractivity contribution in [3.8, 4) is 0 Å². The van der Waals surface area contributed by atoms with E-state index in [2.05, 4.69) is 30.1 Å². The molecule has 1 fully saturated rings. The number of ether oxygens (including phenoxy) is 2. The van der Waals surface area contributed by atoms with Gasteiger partial charge in [0.1, 0.15) is 12.3 Å². The molecule has 12 heteroatoms. The monoisotopic (exact) mass is 465 g/mol. The van der Waals surface area contributed by atoms with Gasteiger partial charge in [0, 0.05) is 20.7 Å². The Morgan fingerprint density at radius 3 is 2.58 bits per heavy atom. The zero-order valence-corrected chi connectivity index (χ0v) is 19.2. The van der Waals surface area contributed by atoms with E-state index in [0.29, 0.717) is 24.1 Å². The number of halogens is 3. The minimum Gasteiger partial charge on any atom is -0.481 e. The SMILES string of the molecule is C[C@@H](CO[C@H]1C[C@@H](C(=O)O)C1)Nc1cnn(COCC[Si](C)(C)C)c(=O)c1C(F)(F)F. The molecule has 8 nitrogen and oxygen atoms in total. The van der Waals surface area contributed by atoms with Crippen molar-refractivity contribution in [1.29, 1.82) is 0 Å². The molecule has 1 aliphatic rings. The fraction of sp³-hybridized carbons (Fsp3) is 0.737. The van der Waals surface area contributed by atoms with Gasteiger partial charge in [-0.25, -0.2) is 4.68 Å². The van der Waals surface area contributed by atoms with E-state index in [-0.39, 0.29) is 19.4 Å². The van der Waals surface area contributed by atoms with Gasteiger partial charge in [-0.1, -0.05) is 19.6 Å². The second-order valence-corrected chi connectivity index (χ2v) is 14.7. The van der Waals surface area contributed by atoms with Crippen molar-refractivity contribution < 1.29 is 32.5 Å². The first-order chi connectivity index (χ1) is 14.3. The van der Waals surface area contributed by atoms with Crippen LogP contribution in [0.3, 0.4) is 0 Å². The summed E-state index contributed by atoms with van der Waals surface area (Å²) >= 11 is 0. The lowest BCUT2D eigenvalue weighted by Crippen LogP contribution is -2.39. The van der Waals surface area contributed by atoms with Gasteiger partial charge in [0.15, 0.2) is 0 Å². The number of aliphatic carboxylic acids is 1. The van der Waals surface area contributed by atoms with Crippen molar-refractivity contribution in [3.05, 3.63) is 22.1 Å². The van der Waals surface area contributed by atoms with Crippen LogP contribution in [0, 0.1) is 5.92 Å². The van der Waals surface area contributed by atoms with Gasteiger partial charge in [-0.05, 0) is 25.8 Å². The van der Waals surface area contributed by atoms with Gasteiger partial charge in [0.25, 0.3) is 5.56 Å². The van der Waals surface area contributed by atoms with Crippen molar-refractivity contribution in [2.24, 2.45) is 5.92 Å². The molecular formula is C19H30F3N3O5Si. The number of rotatable bonds is 11. The maximum atomic E-state index is 13.6. The Hall–Kier alpha value is -1.92. The number of anilines is 1. The topological polar surface area (TPSA) is 103 Å². The van der Waals surface area contributed by atoms with Gasteiger partial charge in [0.05, 0.1) is 30.5 Å². The van der Waals surface area contributed by atoms with Gasteiger partial charge in [0.2, 0.25) is 0 Å². The van der Waals surface area contributed by atoms with E-state index in [4.69, 9.17) is 14.6 Å². The molecule has 1 atom stereocenters. The van der Waals surface area contributed by atoms with Crippen molar-refractivity contribution in [1.82, 2.24) is 9.78 Å². The van der Waals surface area contributed by atoms with Crippen LogP contribution >= 0.6 is 0 Å². The van der Waals surface area contributed by atoms with E-state index in [1.807, 2.05) is 0 Å². The Labute approximate surface area is 179 Å². The molecule has 2 N–H and O–H groups in total.